The number of benzene rings is 1. The molecule has 1 aromatic heterocycles. The Hall–Kier alpha value is -3.60. The third-order valence-electron chi connectivity index (χ3n) is 4.92. The van der Waals surface area contributed by atoms with Crippen LogP contribution in [0, 0.1) is 11.3 Å². The second-order valence-corrected chi connectivity index (χ2v) is 8.74. The highest BCUT2D eigenvalue weighted by Gasteiger charge is 2.36. The molecule has 0 spiro atoms. The molecule has 8 nitrogen and oxygen atoms in total. The van der Waals surface area contributed by atoms with Gasteiger partial charge in [-0.1, -0.05) is 20.8 Å². The molecule has 2 rings (SSSR count). The number of carbonyl (C=O) groups excluding carboxylic acids is 1. The van der Waals surface area contributed by atoms with Crippen LogP contribution >= 0.6 is 0 Å². The molecule has 8 heteroatoms. The first kappa shape index (κ1) is 24.7. The zero-order chi connectivity index (χ0) is 24.1. The third-order valence-corrected chi connectivity index (χ3v) is 4.92. The number of hydrogen-bond acceptors (Lipinski definition) is 5. The summed E-state index contributed by atoms with van der Waals surface area (Å²) >= 11 is 0. The van der Waals surface area contributed by atoms with Gasteiger partial charge in [0, 0.05) is 11.6 Å². The summed E-state index contributed by atoms with van der Waals surface area (Å²) in [5, 5.41) is 21.6. The number of ether oxygens (including phenoxy) is 1. The van der Waals surface area contributed by atoms with E-state index >= 15 is 0 Å². The number of nitriles is 1. The lowest BCUT2D eigenvalue weighted by Gasteiger charge is -2.38. The molecule has 1 atom stereocenters. The van der Waals surface area contributed by atoms with Gasteiger partial charge in [0.15, 0.2) is 0 Å². The predicted octanol–water partition coefficient (Wildman–Crippen LogP) is 5.36. The van der Waals surface area contributed by atoms with Crippen molar-refractivity contribution in [2.45, 2.75) is 65.5 Å². The molecule has 0 saturated carbocycles. The molecular formula is C24H30N4O4. The van der Waals surface area contributed by atoms with Gasteiger partial charge in [-0.3, -0.25) is 9.69 Å². The summed E-state index contributed by atoms with van der Waals surface area (Å²) < 4.78 is 5.79. The second-order valence-electron chi connectivity index (χ2n) is 8.74. The summed E-state index contributed by atoms with van der Waals surface area (Å²) in [7, 11) is 0. The lowest BCUT2D eigenvalue weighted by Crippen LogP contribution is -2.55. The van der Waals surface area contributed by atoms with Crippen molar-refractivity contribution >= 4 is 17.7 Å². The lowest BCUT2D eigenvalue weighted by atomic mass is 9.98. The van der Waals surface area contributed by atoms with Gasteiger partial charge in [-0.2, -0.15) is 5.26 Å². The van der Waals surface area contributed by atoms with E-state index in [9.17, 15) is 20.0 Å². The number of nitrogens with zero attached hydrogens (tertiary/aromatic N) is 3. The number of nitrogens with one attached hydrogen (secondary N) is 1. The van der Waals surface area contributed by atoms with Crippen molar-refractivity contribution in [3.05, 3.63) is 47.7 Å². The number of hydrogen-bond donors (Lipinski definition) is 2. The van der Waals surface area contributed by atoms with E-state index in [1.807, 2.05) is 19.9 Å². The number of pyridine rings is 1. The van der Waals surface area contributed by atoms with Crippen LogP contribution in [0.5, 0.6) is 11.6 Å². The number of aromatic nitrogens is 1. The average Bonchev–Trinajstić information content (AvgIpc) is 2.71. The van der Waals surface area contributed by atoms with Crippen LogP contribution in [0.25, 0.3) is 0 Å². The summed E-state index contributed by atoms with van der Waals surface area (Å²) in [6, 6.07) is 9.84. The molecule has 0 bridgehead atoms. The number of anilines is 1. The van der Waals surface area contributed by atoms with E-state index in [1.54, 1.807) is 52.0 Å². The molecule has 2 aromatic rings. The normalized spacial score (nSPS) is 12.1. The maximum absolute atomic E-state index is 12.8. The summed E-state index contributed by atoms with van der Waals surface area (Å²) in [4.78, 5) is 29.9. The SMILES string of the molecule is CC[C@H](C(=O)Nc1ccc(Oc2ccc(C#N)c(C(C)C)c2)nc1)N(C(=O)O)C(C)(C)C. The van der Waals surface area contributed by atoms with E-state index in [4.69, 9.17) is 4.74 Å². The fourth-order valence-electron chi connectivity index (χ4n) is 3.42. The minimum absolute atomic E-state index is 0.170. The standard InChI is InChI=1S/C24H30N4O4/c1-7-20(28(23(30)31)24(4,5)6)22(29)27-17-9-11-21(26-14-17)32-18-10-8-16(13-25)19(12-18)15(2)3/h8-12,14-15,20H,7H2,1-6H3,(H,27,29)(H,30,31)/t20-/m1/s1. The van der Waals surface area contributed by atoms with Crippen molar-refractivity contribution in [1.29, 1.82) is 5.26 Å². The predicted molar refractivity (Wildman–Crippen MR) is 122 cm³/mol. The maximum Gasteiger partial charge on any atom is 0.408 e. The van der Waals surface area contributed by atoms with Gasteiger partial charge in [0.05, 0.1) is 23.5 Å². The van der Waals surface area contributed by atoms with Gasteiger partial charge in [-0.05, 0) is 62.9 Å². The first-order chi connectivity index (χ1) is 15.0. The van der Waals surface area contributed by atoms with Crippen LogP contribution in [0.3, 0.4) is 0 Å². The van der Waals surface area contributed by atoms with E-state index in [0.29, 0.717) is 29.3 Å². The largest absolute Gasteiger partial charge is 0.465 e. The second kappa shape index (κ2) is 10.1. The lowest BCUT2D eigenvalue weighted by molar-refractivity contribution is -0.122. The van der Waals surface area contributed by atoms with Gasteiger partial charge < -0.3 is 15.2 Å². The highest BCUT2D eigenvalue weighted by molar-refractivity contribution is 5.96. The Morgan fingerprint density at radius 1 is 1.25 bits per heavy atom. The van der Waals surface area contributed by atoms with Crippen LogP contribution in [0.15, 0.2) is 36.5 Å². The van der Waals surface area contributed by atoms with Gasteiger partial charge in [0.25, 0.3) is 0 Å². The van der Waals surface area contributed by atoms with E-state index in [2.05, 4.69) is 16.4 Å². The molecule has 0 aliphatic rings. The monoisotopic (exact) mass is 438 g/mol. The molecule has 0 aliphatic heterocycles. The van der Waals surface area contributed by atoms with Gasteiger partial charge in [-0.25, -0.2) is 9.78 Å². The number of carboxylic acid groups (broad SMARTS) is 1. The Kier molecular flexibility index (Phi) is 7.82. The molecular weight excluding hydrogens is 408 g/mol. The van der Waals surface area contributed by atoms with Crippen molar-refractivity contribution in [2.24, 2.45) is 0 Å². The highest BCUT2D eigenvalue weighted by atomic mass is 16.5. The third kappa shape index (κ3) is 5.97. The fraction of sp³-hybridized carbons (Fsp3) is 0.417. The number of amides is 2. The Balaban J connectivity index is 2.14. The Labute approximate surface area is 188 Å². The van der Waals surface area contributed by atoms with Gasteiger partial charge in [-0.15, -0.1) is 0 Å². The zero-order valence-corrected chi connectivity index (χ0v) is 19.3. The minimum atomic E-state index is -1.15. The van der Waals surface area contributed by atoms with Crippen molar-refractivity contribution < 1.29 is 19.4 Å². The van der Waals surface area contributed by atoms with Gasteiger partial charge >= 0.3 is 6.09 Å². The molecule has 1 heterocycles. The van der Waals surface area contributed by atoms with E-state index in [0.717, 1.165) is 10.5 Å². The molecule has 0 aliphatic carbocycles. The van der Waals surface area contributed by atoms with Crippen molar-refractivity contribution in [3.63, 3.8) is 0 Å². The Morgan fingerprint density at radius 3 is 2.41 bits per heavy atom. The van der Waals surface area contributed by atoms with E-state index in [-0.39, 0.29) is 5.92 Å². The topological polar surface area (TPSA) is 116 Å². The summed E-state index contributed by atoms with van der Waals surface area (Å²) in [5.74, 6) is 0.638. The maximum atomic E-state index is 12.8. The van der Waals surface area contributed by atoms with Crippen LogP contribution in [0.1, 0.15) is 65.0 Å². The molecule has 32 heavy (non-hydrogen) atoms. The zero-order valence-electron chi connectivity index (χ0n) is 19.3. The van der Waals surface area contributed by atoms with Crippen molar-refractivity contribution in [2.75, 3.05) is 5.32 Å². The minimum Gasteiger partial charge on any atom is -0.465 e. The Morgan fingerprint density at radius 2 is 1.94 bits per heavy atom. The molecule has 0 radical (unpaired) electrons. The summed E-state index contributed by atoms with van der Waals surface area (Å²) in [6.45, 7) is 11.0. The molecule has 2 amide bonds. The molecule has 0 fully saturated rings. The van der Waals surface area contributed by atoms with Crippen LogP contribution in [0.4, 0.5) is 10.5 Å². The number of carbonyl (C=O) groups is 2. The fourth-order valence-corrected chi connectivity index (χ4v) is 3.42. The highest BCUT2D eigenvalue weighted by Crippen LogP contribution is 2.28. The summed E-state index contributed by atoms with van der Waals surface area (Å²) in [5.41, 5.74) is 1.20. The molecule has 1 aromatic carbocycles. The van der Waals surface area contributed by atoms with Crippen molar-refractivity contribution in [1.82, 2.24) is 9.88 Å². The van der Waals surface area contributed by atoms with Gasteiger partial charge in [0.2, 0.25) is 11.8 Å². The first-order valence-electron chi connectivity index (χ1n) is 10.5. The average molecular weight is 439 g/mol. The quantitative estimate of drug-likeness (QED) is 0.601. The molecule has 170 valence electrons. The van der Waals surface area contributed by atoms with Crippen LogP contribution < -0.4 is 10.1 Å². The number of rotatable bonds is 7. The van der Waals surface area contributed by atoms with E-state index in [1.165, 1.54) is 6.20 Å². The van der Waals surface area contributed by atoms with Gasteiger partial charge in [0.1, 0.15) is 11.8 Å². The van der Waals surface area contributed by atoms with Crippen LogP contribution in [-0.2, 0) is 4.79 Å². The molecule has 2 N–H and O–H groups in total. The van der Waals surface area contributed by atoms with E-state index < -0.39 is 23.6 Å². The molecule has 0 unspecified atom stereocenters. The van der Waals surface area contributed by atoms with Crippen molar-refractivity contribution in [3.8, 4) is 17.7 Å². The smallest absolute Gasteiger partial charge is 0.408 e. The van der Waals surface area contributed by atoms with Crippen LogP contribution in [-0.4, -0.2) is 38.6 Å². The molecule has 0 saturated heterocycles. The van der Waals surface area contributed by atoms with Crippen LogP contribution in [0.2, 0.25) is 0 Å². The first-order valence-corrected chi connectivity index (χ1v) is 10.5. The summed E-state index contributed by atoms with van der Waals surface area (Å²) in [6.07, 6.45) is 0.639. The Bertz CT molecular complexity index is 1000.